The molecule has 20 heavy (non-hydrogen) atoms. The molecule has 8 heteroatoms. The molecule has 1 aliphatic heterocycles. The molecule has 2 heterocycles. The van der Waals surface area contributed by atoms with E-state index < -0.39 is 10.0 Å². The lowest BCUT2D eigenvalue weighted by Gasteiger charge is -2.28. The van der Waals surface area contributed by atoms with Gasteiger partial charge in [0.15, 0.2) is 4.67 Å². The standard InChI is InChI=1S/C12H20BrN3O3S/c1-16-4-2-9(3-5-16)8-15-20(17,18)11-6-10(7-14)19-12(11)13/h6,9,15H,2-5,7-8,14H2,1H3. The molecule has 114 valence electrons. The third kappa shape index (κ3) is 3.82. The summed E-state index contributed by atoms with van der Waals surface area (Å²) in [7, 11) is -1.47. The Morgan fingerprint density at radius 2 is 2.15 bits per heavy atom. The number of hydrogen-bond acceptors (Lipinski definition) is 5. The van der Waals surface area contributed by atoms with Gasteiger partial charge in [0.1, 0.15) is 10.7 Å². The molecule has 2 rings (SSSR count). The number of nitrogens with two attached hydrogens (primary N) is 1. The van der Waals surface area contributed by atoms with E-state index in [0.29, 0.717) is 18.2 Å². The van der Waals surface area contributed by atoms with Crippen LogP contribution in [-0.4, -0.2) is 40.0 Å². The fourth-order valence-corrected chi connectivity index (χ4v) is 4.36. The second-order valence-corrected chi connectivity index (χ2v) is 7.61. The highest BCUT2D eigenvalue weighted by molar-refractivity contribution is 9.10. The average molecular weight is 366 g/mol. The van der Waals surface area contributed by atoms with Crippen molar-refractivity contribution in [1.82, 2.24) is 9.62 Å². The van der Waals surface area contributed by atoms with Crippen LogP contribution in [0.1, 0.15) is 18.6 Å². The molecule has 0 bridgehead atoms. The van der Waals surface area contributed by atoms with Gasteiger partial charge in [0, 0.05) is 12.6 Å². The Morgan fingerprint density at radius 3 is 2.70 bits per heavy atom. The van der Waals surface area contributed by atoms with Crippen molar-refractivity contribution < 1.29 is 12.8 Å². The largest absolute Gasteiger partial charge is 0.452 e. The van der Waals surface area contributed by atoms with E-state index in [9.17, 15) is 8.42 Å². The van der Waals surface area contributed by atoms with Crippen molar-refractivity contribution in [3.63, 3.8) is 0 Å². The molecule has 1 aromatic heterocycles. The van der Waals surface area contributed by atoms with E-state index in [0.717, 1.165) is 25.9 Å². The lowest BCUT2D eigenvalue weighted by molar-refractivity contribution is 0.220. The van der Waals surface area contributed by atoms with Crippen LogP contribution in [0.3, 0.4) is 0 Å². The minimum atomic E-state index is -3.55. The first kappa shape index (κ1) is 16.0. The van der Waals surface area contributed by atoms with Gasteiger partial charge in [-0.05, 0) is 54.8 Å². The lowest BCUT2D eigenvalue weighted by atomic mass is 9.98. The number of sulfonamides is 1. The topological polar surface area (TPSA) is 88.6 Å². The Bertz CT molecular complexity index is 550. The van der Waals surface area contributed by atoms with Gasteiger partial charge in [0.05, 0.1) is 6.54 Å². The summed E-state index contributed by atoms with van der Waals surface area (Å²) in [5.74, 6) is 0.831. The summed E-state index contributed by atoms with van der Waals surface area (Å²) in [5, 5.41) is 0. The van der Waals surface area contributed by atoms with Crippen LogP contribution in [0.4, 0.5) is 0 Å². The summed E-state index contributed by atoms with van der Waals surface area (Å²) < 4.78 is 32.6. The van der Waals surface area contributed by atoms with Gasteiger partial charge in [-0.25, -0.2) is 13.1 Å². The Kier molecular flexibility index (Phi) is 5.25. The molecule has 0 aliphatic carbocycles. The second-order valence-electron chi connectivity index (χ2n) is 5.15. The normalized spacial score (nSPS) is 18.6. The van der Waals surface area contributed by atoms with Crippen molar-refractivity contribution in [2.75, 3.05) is 26.7 Å². The first-order chi connectivity index (χ1) is 9.42. The monoisotopic (exact) mass is 365 g/mol. The molecule has 1 fully saturated rings. The molecule has 0 saturated carbocycles. The fourth-order valence-electron chi connectivity index (χ4n) is 2.25. The van der Waals surface area contributed by atoms with Crippen molar-refractivity contribution in [3.8, 4) is 0 Å². The van der Waals surface area contributed by atoms with E-state index in [1.54, 1.807) is 0 Å². The zero-order valence-corrected chi connectivity index (χ0v) is 13.8. The van der Waals surface area contributed by atoms with Crippen molar-refractivity contribution >= 4 is 26.0 Å². The first-order valence-electron chi connectivity index (χ1n) is 6.59. The van der Waals surface area contributed by atoms with Crippen LogP contribution < -0.4 is 10.5 Å². The van der Waals surface area contributed by atoms with Crippen molar-refractivity contribution in [1.29, 1.82) is 0 Å². The van der Waals surface area contributed by atoms with Gasteiger partial charge in [-0.3, -0.25) is 0 Å². The minimum absolute atomic E-state index is 0.117. The van der Waals surface area contributed by atoms with E-state index in [-0.39, 0.29) is 16.1 Å². The molecular weight excluding hydrogens is 346 g/mol. The highest BCUT2D eigenvalue weighted by Crippen LogP contribution is 2.26. The Morgan fingerprint density at radius 1 is 1.50 bits per heavy atom. The van der Waals surface area contributed by atoms with Crippen LogP contribution in [0.5, 0.6) is 0 Å². The smallest absolute Gasteiger partial charge is 0.244 e. The van der Waals surface area contributed by atoms with Crippen LogP contribution in [0, 0.1) is 5.92 Å². The predicted octanol–water partition coefficient (Wildman–Crippen LogP) is 1.12. The number of furan rings is 1. The SMILES string of the molecule is CN1CCC(CNS(=O)(=O)c2cc(CN)oc2Br)CC1. The lowest BCUT2D eigenvalue weighted by Crippen LogP contribution is -2.36. The van der Waals surface area contributed by atoms with E-state index in [1.807, 2.05) is 0 Å². The number of hydrogen-bond donors (Lipinski definition) is 2. The molecule has 0 radical (unpaired) electrons. The molecule has 6 nitrogen and oxygen atoms in total. The van der Waals surface area contributed by atoms with Gasteiger partial charge in [0.2, 0.25) is 10.0 Å². The van der Waals surface area contributed by atoms with Gasteiger partial charge < -0.3 is 15.1 Å². The highest BCUT2D eigenvalue weighted by Gasteiger charge is 2.24. The quantitative estimate of drug-likeness (QED) is 0.815. The maximum atomic E-state index is 12.2. The molecule has 1 aromatic rings. The zero-order valence-electron chi connectivity index (χ0n) is 11.4. The number of nitrogens with zero attached hydrogens (tertiary/aromatic N) is 1. The summed E-state index contributed by atoms with van der Waals surface area (Å²) in [5.41, 5.74) is 5.44. The first-order valence-corrected chi connectivity index (χ1v) is 8.86. The number of nitrogens with one attached hydrogen (secondary N) is 1. The van der Waals surface area contributed by atoms with Crippen molar-refractivity contribution in [3.05, 3.63) is 16.5 Å². The summed E-state index contributed by atoms with van der Waals surface area (Å²) in [6, 6.07) is 1.46. The Labute approximate surface area is 127 Å². The van der Waals surface area contributed by atoms with Crippen LogP contribution >= 0.6 is 15.9 Å². The molecule has 0 atom stereocenters. The summed E-state index contributed by atoms with van der Waals surface area (Å²) in [6.07, 6.45) is 2.03. The number of halogens is 1. The molecule has 0 aromatic carbocycles. The molecular formula is C12H20BrN3O3S. The van der Waals surface area contributed by atoms with E-state index >= 15 is 0 Å². The average Bonchev–Trinajstić information content (AvgIpc) is 2.80. The van der Waals surface area contributed by atoms with Gasteiger partial charge in [-0.1, -0.05) is 0 Å². The molecule has 0 unspecified atom stereocenters. The molecule has 1 saturated heterocycles. The van der Waals surface area contributed by atoms with Crippen LogP contribution in [-0.2, 0) is 16.6 Å². The van der Waals surface area contributed by atoms with Crippen molar-refractivity contribution in [2.24, 2.45) is 11.7 Å². The molecule has 3 N–H and O–H groups in total. The maximum Gasteiger partial charge on any atom is 0.244 e. The van der Waals surface area contributed by atoms with E-state index in [4.69, 9.17) is 10.2 Å². The fraction of sp³-hybridized carbons (Fsp3) is 0.667. The number of piperidine rings is 1. The van der Waals surface area contributed by atoms with E-state index in [1.165, 1.54) is 6.07 Å². The Hall–Kier alpha value is -0.410. The molecule has 0 amide bonds. The third-order valence-electron chi connectivity index (χ3n) is 3.60. The summed E-state index contributed by atoms with van der Waals surface area (Å²) >= 11 is 3.12. The summed E-state index contributed by atoms with van der Waals surface area (Å²) in [4.78, 5) is 2.37. The Balaban J connectivity index is 1.98. The highest BCUT2D eigenvalue weighted by atomic mass is 79.9. The minimum Gasteiger partial charge on any atom is -0.452 e. The number of rotatable bonds is 5. The predicted molar refractivity (Wildman–Crippen MR) is 79.7 cm³/mol. The van der Waals surface area contributed by atoms with Crippen LogP contribution in [0.15, 0.2) is 20.0 Å². The van der Waals surface area contributed by atoms with Crippen LogP contribution in [0.2, 0.25) is 0 Å². The summed E-state index contributed by atoms with van der Waals surface area (Å²) in [6.45, 7) is 2.66. The molecule has 0 spiro atoms. The van der Waals surface area contributed by atoms with Gasteiger partial charge in [0.25, 0.3) is 0 Å². The second kappa shape index (κ2) is 6.57. The number of likely N-dealkylation sites (tertiary alicyclic amines) is 1. The third-order valence-corrected chi connectivity index (χ3v) is 5.88. The maximum absolute atomic E-state index is 12.2. The van der Waals surface area contributed by atoms with Gasteiger partial charge >= 0.3 is 0 Å². The van der Waals surface area contributed by atoms with Gasteiger partial charge in [-0.15, -0.1) is 0 Å². The zero-order chi connectivity index (χ0) is 14.8. The van der Waals surface area contributed by atoms with E-state index in [2.05, 4.69) is 32.6 Å². The van der Waals surface area contributed by atoms with Crippen molar-refractivity contribution in [2.45, 2.75) is 24.3 Å². The van der Waals surface area contributed by atoms with Gasteiger partial charge in [-0.2, -0.15) is 0 Å². The van der Waals surface area contributed by atoms with Crippen LogP contribution in [0.25, 0.3) is 0 Å². The molecule has 1 aliphatic rings.